The van der Waals surface area contributed by atoms with Gasteiger partial charge >= 0.3 is 0 Å². The maximum Gasteiger partial charge on any atom is 0.163 e. The van der Waals surface area contributed by atoms with Crippen molar-refractivity contribution in [2.75, 3.05) is 0 Å². The zero-order valence-electron chi connectivity index (χ0n) is 10.6. The van der Waals surface area contributed by atoms with Gasteiger partial charge in [0.25, 0.3) is 0 Å². The number of hydrogen-bond acceptors (Lipinski definition) is 1. The van der Waals surface area contributed by atoms with Gasteiger partial charge in [0, 0.05) is 12.0 Å². The van der Waals surface area contributed by atoms with E-state index in [-0.39, 0.29) is 0 Å². The monoisotopic (exact) mass is 228 g/mol. The molecular weight excluding hydrogens is 208 g/mol. The Bertz CT molecular complexity index is 453. The van der Waals surface area contributed by atoms with Gasteiger partial charge in [0.05, 0.1) is 0 Å². The fourth-order valence-corrected chi connectivity index (χ4v) is 3.84. The van der Waals surface area contributed by atoms with E-state index in [0.717, 1.165) is 18.4 Å². The Balaban J connectivity index is 2.14. The van der Waals surface area contributed by atoms with Crippen LogP contribution in [0.2, 0.25) is 0 Å². The van der Waals surface area contributed by atoms with E-state index in [1.54, 1.807) is 0 Å². The van der Waals surface area contributed by atoms with Crippen LogP contribution in [0.1, 0.15) is 66.4 Å². The lowest BCUT2D eigenvalue weighted by Crippen LogP contribution is -2.35. The minimum Gasteiger partial charge on any atom is -0.294 e. The summed E-state index contributed by atoms with van der Waals surface area (Å²) in [5, 5.41) is 0. The molecule has 0 N–H and O–H groups in total. The highest BCUT2D eigenvalue weighted by atomic mass is 16.1. The van der Waals surface area contributed by atoms with Crippen molar-refractivity contribution in [3.63, 3.8) is 0 Å². The van der Waals surface area contributed by atoms with Gasteiger partial charge in [0.15, 0.2) is 5.78 Å². The lowest BCUT2D eigenvalue weighted by Gasteiger charge is -2.42. The summed E-state index contributed by atoms with van der Waals surface area (Å²) in [6.45, 7) is 2.08. The molecule has 1 aromatic rings. The molecule has 1 saturated carbocycles. The van der Waals surface area contributed by atoms with Crippen molar-refractivity contribution in [2.45, 2.75) is 57.3 Å². The molecule has 3 rings (SSSR count). The van der Waals surface area contributed by atoms with E-state index in [1.165, 1.54) is 43.2 Å². The van der Waals surface area contributed by atoms with E-state index < -0.39 is 0 Å². The number of benzene rings is 1. The highest BCUT2D eigenvalue weighted by molar-refractivity contribution is 6.00. The number of ketones is 1. The van der Waals surface area contributed by atoms with Gasteiger partial charge < -0.3 is 0 Å². The number of carbonyl (C=O) groups is 1. The van der Waals surface area contributed by atoms with Crippen molar-refractivity contribution in [3.05, 3.63) is 34.9 Å². The number of rotatable bonds is 0. The molecule has 1 heteroatoms. The van der Waals surface area contributed by atoms with Gasteiger partial charge in [0.1, 0.15) is 0 Å². The second-order valence-corrected chi connectivity index (χ2v) is 5.76. The number of carbonyl (C=O) groups excluding carboxylic acids is 1. The number of aryl methyl sites for hydroxylation is 1. The topological polar surface area (TPSA) is 17.1 Å². The first-order chi connectivity index (χ1) is 8.23. The van der Waals surface area contributed by atoms with Gasteiger partial charge in [0.2, 0.25) is 0 Å². The van der Waals surface area contributed by atoms with Crippen LogP contribution < -0.4 is 0 Å². The summed E-state index contributed by atoms with van der Waals surface area (Å²) in [5.74, 6) is 0.370. The third-order valence-electron chi connectivity index (χ3n) is 4.76. The summed E-state index contributed by atoms with van der Waals surface area (Å²) in [4.78, 5) is 12.1. The normalized spacial score (nSPS) is 22.5. The maximum absolute atomic E-state index is 12.1. The van der Waals surface area contributed by atoms with E-state index in [2.05, 4.69) is 25.1 Å². The molecular formula is C16H20O. The van der Waals surface area contributed by atoms with E-state index in [9.17, 15) is 4.79 Å². The van der Waals surface area contributed by atoms with Crippen molar-refractivity contribution in [1.29, 1.82) is 0 Å². The fourth-order valence-electron chi connectivity index (χ4n) is 3.84. The minimum atomic E-state index is 0.341. The van der Waals surface area contributed by atoms with Crippen molar-refractivity contribution in [2.24, 2.45) is 0 Å². The predicted octanol–water partition coefficient (Wildman–Crippen LogP) is 4.17. The van der Waals surface area contributed by atoms with E-state index in [1.807, 2.05) is 0 Å². The molecule has 0 atom stereocenters. The molecule has 1 nitrogen and oxygen atoms in total. The van der Waals surface area contributed by atoms with Gasteiger partial charge in [-0.3, -0.25) is 4.79 Å². The minimum absolute atomic E-state index is 0.341. The van der Waals surface area contributed by atoms with E-state index >= 15 is 0 Å². The van der Waals surface area contributed by atoms with E-state index in [4.69, 9.17) is 0 Å². The molecule has 0 saturated heterocycles. The van der Waals surface area contributed by atoms with Crippen LogP contribution in [-0.2, 0) is 5.41 Å². The highest BCUT2D eigenvalue weighted by Gasteiger charge is 2.40. The second-order valence-electron chi connectivity index (χ2n) is 5.76. The average Bonchev–Trinajstić information content (AvgIpc) is 2.36. The molecule has 90 valence electrons. The first kappa shape index (κ1) is 11.0. The van der Waals surface area contributed by atoms with Crippen LogP contribution in [0.3, 0.4) is 0 Å². The van der Waals surface area contributed by atoms with Crippen LogP contribution in [0.25, 0.3) is 0 Å². The lowest BCUT2D eigenvalue weighted by atomic mass is 9.62. The summed E-state index contributed by atoms with van der Waals surface area (Å²) in [7, 11) is 0. The lowest BCUT2D eigenvalue weighted by molar-refractivity contribution is 0.0938. The Morgan fingerprint density at radius 2 is 1.82 bits per heavy atom. The molecule has 2 aliphatic rings. The van der Waals surface area contributed by atoms with Gasteiger partial charge in [-0.1, -0.05) is 37.5 Å². The second kappa shape index (κ2) is 3.97. The molecule has 17 heavy (non-hydrogen) atoms. The van der Waals surface area contributed by atoms with Crippen molar-refractivity contribution in [3.8, 4) is 0 Å². The molecule has 0 aliphatic heterocycles. The fraction of sp³-hybridized carbons (Fsp3) is 0.562. The quantitative estimate of drug-likeness (QED) is 0.651. The van der Waals surface area contributed by atoms with Crippen LogP contribution >= 0.6 is 0 Å². The Hall–Kier alpha value is -1.11. The third-order valence-corrected chi connectivity index (χ3v) is 4.76. The molecule has 0 amide bonds. The molecule has 1 spiro atoms. The molecule has 1 aromatic carbocycles. The molecule has 0 bridgehead atoms. The Kier molecular flexibility index (Phi) is 2.57. The smallest absolute Gasteiger partial charge is 0.163 e. The van der Waals surface area contributed by atoms with E-state index in [0.29, 0.717) is 11.2 Å². The molecule has 0 radical (unpaired) electrons. The first-order valence-corrected chi connectivity index (χ1v) is 6.86. The molecule has 0 heterocycles. The number of hydrogen-bond donors (Lipinski definition) is 0. The zero-order valence-corrected chi connectivity index (χ0v) is 10.6. The summed E-state index contributed by atoms with van der Waals surface area (Å²) >= 11 is 0. The zero-order chi connectivity index (χ0) is 11.9. The molecule has 2 aliphatic carbocycles. The molecule has 1 fully saturated rings. The van der Waals surface area contributed by atoms with Crippen LogP contribution in [0, 0.1) is 6.92 Å². The Morgan fingerprint density at radius 1 is 1.06 bits per heavy atom. The summed E-state index contributed by atoms with van der Waals surface area (Å²) in [6.07, 6.45) is 8.47. The van der Waals surface area contributed by atoms with Gasteiger partial charge in [-0.15, -0.1) is 0 Å². The predicted molar refractivity (Wildman–Crippen MR) is 69.5 cm³/mol. The highest BCUT2D eigenvalue weighted by Crippen LogP contribution is 2.47. The van der Waals surface area contributed by atoms with Crippen molar-refractivity contribution < 1.29 is 4.79 Å². The van der Waals surface area contributed by atoms with Crippen LogP contribution in [0.15, 0.2) is 18.2 Å². The van der Waals surface area contributed by atoms with Gasteiger partial charge in [-0.25, -0.2) is 0 Å². The molecule has 0 aromatic heterocycles. The SMILES string of the molecule is Cc1cccc2c1C(=O)CCC21CCCCC1. The summed E-state index contributed by atoms with van der Waals surface area (Å²) in [6, 6.07) is 6.42. The Labute approximate surface area is 103 Å². The van der Waals surface area contributed by atoms with Crippen LogP contribution in [0.5, 0.6) is 0 Å². The van der Waals surface area contributed by atoms with Crippen molar-refractivity contribution in [1.82, 2.24) is 0 Å². The van der Waals surface area contributed by atoms with Gasteiger partial charge in [-0.2, -0.15) is 0 Å². The average molecular weight is 228 g/mol. The summed E-state index contributed by atoms with van der Waals surface area (Å²) in [5.41, 5.74) is 3.94. The maximum atomic E-state index is 12.1. The third kappa shape index (κ3) is 1.64. The molecule has 0 unspecified atom stereocenters. The van der Waals surface area contributed by atoms with Crippen molar-refractivity contribution >= 4 is 5.78 Å². The largest absolute Gasteiger partial charge is 0.294 e. The van der Waals surface area contributed by atoms with Crippen LogP contribution in [-0.4, -0.2) is 5.78 Å². The van der Waals surface area contributed by atoms with Crippen LogP contribution in [0.4, 0.5) is 0 Å². The summed E-state index contributed by atoms with van der Waals surface area (Å²) < 4.78 is 0. The number of Topliss-reactive ketones (excluding diaryl/α,β-unsaturated/α-hetero) is 1. The number of fused-ring (bicyclic) bond motifs is 2. The first-order valence-electron chi connectivity index (χ1n) is 6.86. The van der Waals surface area contributed by atoms with Gasteiger partial charge in [-0.05, 0) is 42.7 Å². The standard InChI is InChI=1S/C16H20O/c1-12-6-5-7-13-15(12)14(17)8-11-16(13)9-3-2-4-10-16/h5-7H,2-4,8-11H2,1H3. The Morgan fingerprint density at radius 3 is 2.59 bits per heavy atom.